The lowest BCUT2D eigenvalue weighted by atomic mass is 9.76. The van der Waals surface area contributed by atoms with Crippen LogP contribution in [0, 0.1) is 10.8 Å². The third kappa shape index (κ3) is 1.91. The Bertz CT molecular complexity index is 342. The van der Waals surface area contributed by atoms with Gasteiger partial charge in [0.2, 0.25) is 0 Å². The minimum Gasteiger partial charge on any atom is -0.278 e. The van der Waals surface area contributed by atoms with E-state index in [1.807, 2.05) is 41.5 Å². The Kier molecular flexibility index (Phi) is 2.78. The van der Waals surface area contributed by atoms with Crippen LogP contribution < -0.4 is 0 Å². The highest BCUT2D eigenvalue weighted by molar-refractivity contribution is 6.20. The van der Waals surface area contributed by atoms with Crippen molar-refractivity contribution in [2.24, 2.45) is 10.8 Å². The van der Waals surface area contributed by atoms with Gasteiger partial charge < -0.3 is 0 Å². The maximum atomic E-state index is 12.1. The number of imide groups is 1. The Labute approximate surface area is 97.5 Å². The number of rotatable bonds is 0. The third-order valence-electron chi connectivity index (χ3n) is 2.79. The molecule has 1 aliphatic rings. The molecule has 3 heteroatoms. The van der Waals surface area contributed by atoms with Crippen LogP contribution in [-0.2, 0) is 9.59 Å². The van der Waals surface area contributed by atoms with Gasteiger partial charge in [0.25, 0.3) is 11.8 Å². The van der Waals surface area contributed by atoms with E-state index in [-0.39, 0.29) is 22.6 Å². The molecule has 1 aliphatic heterocycles. The second-order valence-corrected chi connectivity index (χ2v) is 6.42. The average molecular weight is 223 g/mol. The number of nitrogens with zero attached hydrogens (tertiary/aromatic N) is 1. The molecule has 0 fully saturated rings. The van der Waals surface area contributed by atoms with E-state index in [1.54, 1.807) is 7.05 Å². The molecule has 0 saturated heterocycles. The molecule has 16 heavy (non-hydrogen) atoms. The molecule has 0 bridgehead atoms. The van der Waals surface area contributed by atoms with Gasteiger partial charge in [-0.25, -0.2) is 0 Å². The third-order valence-corrected chi connectivity index (χ3v) is 2.79. The molecule has 1 rings (SSSR count). The molecule has 90 valence electrons. The zero-order chi connectivity index (χ0) is 12.9. The van der Waals surface area contributed by atoms with Gasteiger partial charge in [0, 0.05) is 18.2 Å². The van der Waals surface area contributed by atoms with E-state index >= 15 is 0 Å². The van der Waals surface area contributed by atoms with Crippen molar-refractivity contribution < 1.29 is 9.59 Å². The van der Waals surface area contributed by atoms with E-state index in [2.05, 4.69) is 0 Å². The first-order valence-corrected chi connectivity index (χ1v) is 5.55. The zero-order valence-corrected chi connectivity index (χ0v) is 11.3. The Hall–Kier alpha value is -1.12. The predicted octanol–water partition coefficient (Wildman–Crippen LogP) is 2.37. The summed E-state index contributed by atoms with van der Waals surface area (Å²) in [5.41, 5.74) is 0.736. The highest BCUT2D eigenvalue weighted by atomic mass is 16.2. The van der Waals surface area contributed by atoms with Crippen LogP contribution in [0.2, 0.25) is 0 Å². The van der Waals surface area contributed by atoms with Gasteiger partial charge >= 0.3 is 0 Å². The monoisotopic (exact) mass is 223 g/mol. The summed E-state index contributed by atoms with van der Waals surface area (Å²) in [5, 5.41) is 0. The van der Waals surface area contributed by atoms with Crippen LogP contribution in [0.5, 0.6) is 0 Å². The number of hydrogen-bond acceptors (Lipinski definition) is 2. The van der Waals surface area contributed by atoms with E-state index < -0.39 is 0 Å². The summed E-state index contributed by atoms with van der Waals surface area (Å²) in [4.78, 5) is 25.4. The van der Waals surface area contributed by atoms with E-state index in [4.69, 9.17) is 0 Å². The number of carbonyl (C=O) groups excluding carboxylic acids is 2. The van der Waals surface area contributed by atoms with Gasteiger partial charge in [-0.3, -0.25) is 14.5 Å². The quantitative estimate of drug-likeness (QED) is 0.591. The molecule has 0 spiro atoms. The van der Waals surface area contributed by atoms with Crippen LogP contribution in [0.25, 0.3) is 0 Å². The van der Waals surface area contributed by atoms with Gasteiger partial charge in [0.15, 0.2) is 0 Å². The summed E-state index contributed by atoms with van der Waals surface area (Å²) < 4.78 is 0. The van der Waals surface area contributed by atoms with Crippen LogP contribution in [-0.4, -0.2) is 23.8 Å². The fourth-order valence-electron chi connectivity index (χ4n) is 2.03. The molecule has 0 atom stereocenters. The summed E-state index contributed by atoms with van der Waals surface area (Å²) in [6, 6.07) is 0. The highest BCUT2D eigenvalue weighted by Crippen LogP contribution is 2.41. The average Bonchev–Trinajstić information content (AvgIpc) is 2.27. The largest absolute Gasteiger partial charge is 0.278 e. The van der Waals surface area contributed by atoms with Crippen LogP contribution in [0.1, 0.15) is 41.5 Å². The van der Waals surface area contributed by atoms with Crippen LogP contribution in [0.15, 0.2) is 11.1 Å². The van der Waals surface area contributed by atoms with Crippen molar-refractivity contribution >= 4 is 11.8 Å². The Morgan fingerprint density at radius 2 is 1.00 bits per heavy atom. The standard InChI is InChI=1S/C13H21NO2/c1-12(2,3)8-9(13(4,5)6)11(16)14(7)10(8)15/h1-7H3. The second-order valence-electron chi connectivity index (χ2n) is 6.42. The van der Waals surface area contributed by atoms with Crippen molar-refractivity contribution in [3.63, 3.8) is 0 Å². The highest BCUT2D eigenvalue weighted by Gasteiger charge is 2.44. The summed E-state index contributed by atoms with van der Waals surface area (Å²) in [7, 11) is 1.55. The van der Waals surface area contributed by atoms with Crippen molar-refractivity contribution in [2.45, 2.75) is 41.5 Å². The Balaban J connectivity index is 3.49. The molecule has 2 amide bonds. The summed E-state index contributed by atoms with van der Waals surface area (Å²) in [5.74, 6) is -0.301. The number of likely N-dealkylation sites (N-methyl/N-ethyl adjacent to an activating group) is 1. The predicted molar refractivity (Wildman–Crippen MR) is 63.7 cm³/mol. The lowest BCUT2D eigenvalue weighted by Gasteiger charge is -2.25. The van der Waals surface area contributed by atoms with Gasteiger partial charge in [0.1, 0.15) is 0 Å². The van der Waals surface area contributed by atoms with Crippen molar-refractivity contribution in [1.29, 1.82) is 0 Å². The maximum Gasteiger partial charge on any atom is 0.257 e. The van der Waals surface area contributed by atoms with Crippen LogP contribution in [0.4, 0.5) is 0 Å². The normalized spacial score (nSPS) is 18.8. The molecule has 0 radical (unpaired) electrons. The molecule has 1 heterocycles. The first kappa shape index (κ1) is 12.9. The summed E-state index contributed by atoms with van der Waals surface area (Å²) in [6.45, 7) is 11.8. The molecule has 0 aromatic carbocycles. The molecule has 0 saturated carbocycles. The fourth-order valence-corrected chi connectivity index (χ4v) is 2.03. The topological polar surface area (TPSA) is 37.4 Å². The molecule has 0 N–H and O–H groups in total. The lowest BCUT2D eigenvalue weighted by molar-refractivity contribution is -0.136. The molecule has 0 unspecified atom stereocenters. The van der Waals surface area contributed by atoms with Crippen molar-refractivity contribution in [2.75, 3.05) is 7.05 Å². The summed E-state index contributed by atoms with van der Waals surface area (Å²) >= 11 is 0. The van der Waals surface area contributed by atoms with Gasteiger partial charge in [0.05, 0.1) is 0 Å². The van der Waals surface area contributed by atoms with Gasteiger partial charge in [-0.2, -0.15) is 0 Å². The minimum atomic E-state index is -0.292. The first-order valence-electron chi connectivity index (χ1n) is 5.55. The first-order chi connectivity index (χ1) is 6.98. The Morgan fingerprint density at radius 1 is 0.750 bits per heavy atom. The van der Waals surface area contributed by atoms with Gasteiger partial charge in [-0.15, -0.1) is 0 Å². The maximum absolute atomic E-state index is 12.1. The minimum absolute atomic E-state index is 0.151. The van der Waals surface area contributed by atoms with Crippen molar-refractivity contribution in [1.82, 2.24) is 4.90 Å². The molecule has 0 aromatic rings. The van der Waals surface area contributed by atoms with Crippen molar-refractivity contribution in [3.8, 4) is 0 Å². The lowest BCUT2D eigenvalue weighted by Crippen LogP contribution is -2.29. The number of hydrogen-bond donors (Lipinski definition) is 0. The van der Waals surface area contributed by atoms with E-state index in [1.165, 1.54) is 4.90 Å². The SMILES string of the molecule is CN1C(=O)C(C(C)(C)C)=C(C(C)(C)C)C1=O. The fraction of sp³-hybridized carbons (Fsp3) is 0.692. The van der Waals surface area contributed by atoms with E-state index in [0.29, 0.717) is 11.1 Å². The van der Waals surface area contributed by atoms with Crippen LogP contribution >= 0.6 is 0 Å². The van der Waals surface area contributed by atoms with E-state index in [0.717, 1.165) is 0 Å². The molecule has 0 aliphatic carbocycles. The molecule has 3 nitrogen and oxygen atoms in total. The molecular weight excluding hydrogens is 202 g/mol. The van der Waals surface area contributed by atoms with E-state index in [9.17, 15) is 9.59 Å². The number of amides is 2. The second kappa shape index (κ2) is 3.44. The number of carbonyl (C=O) groups is 2. The molecular formula is C13H21NO2. The smallest absolute Gasteiger partial charge is 0.257 e. The van der Waals surface area contributed by atoms with Gasteiger partial charge in [-0.1, -0.05) is 41.5 Å². The van der Waals surface area contributed by atoms with Crippen molar-refractivity contribution in [3.05, 3.63) is 11.1 Å². The summed E-state index contributed by atoms with van der Waals surface area (Å²) in [6.07, 6.45) is 0. The van der Waals surface area contributed by atoms with Crippen LogP contribution in [0.3, 0.4) is 0 Å². The Morgan fingerprint density at radius 3 is 1.19 bits per heavy atom. The molecule has 0 aromatic heterocycles. The zero-order valence-electron chi connectivity index (χ0n) is 11.3. The van der Waals surface area contributed by atoms with Gasteiger partial charge in [-0.05, 0) is 10.8 Å².